The van der Waals surface area contributed by atoms with Gasteiger partial charge in [0.25, 0.3) is 5.91 Å². The SMILES string of the molecule is CN(C(=O)c1cccc(Cl)c1Cl)C1CCCCC1Cl. The molecule has 1 aromatic carbocycles. The van der Waals surface area contributed by atoms with E-state index in [1.54, 1.807) is 30.1 Å². The highest BCUT2D eigenvalue weighted by Gasteiger charge is 2.30. The van der Waals surface area contributed by atoms with E-state index in [2.05, 4.69) is 0 Å². The van der Waals surface area contributed by atoms with E-state index in [1.807, 2.05) is 0 Å². The lowest BCUT2D eigenvalue weighted by molar-refractivity contribution is 0.0700. The highest BCUT2D eigenvalue weighted by molar-refractivity contribution is 6.43. The normalized spacial score (nSPS) is 23.2. The molecule has 2 unspecified atom stereocenters. The van der Waals surface area contributed by atoms with Gasteiger partial charge in [-0.2, -0.15) is 0 Å². The zero-order chi connectivity index (χ0) is 14.0. The Morgan fingerprint density at radius 2 is 1.95 bits per heavy atom. The first-order valence-electron chi connectivity index (χ1n) is 6.37. The van der Waals surface area contributed by atoms with Crippen LogP contribution in [0.4, 0.5) is 0 Å². The van der Waals surface area contributed by atoms with Crippen LogP contribution in [0.25, 0.3) is 0 Å². The molecule has 0 saturated heterocycles. The van der Waals surface area contributed by atoms with Gasteiger partial charge in [-0.1, -0.05) is 42.1 Å². The summed E-state index contributed by atoms with van der Waals surface area (Å²) in [7, 11) is 1.78. The molecule has 5 heteroatoms. The molecule has 1 amide bonds. The second kappa shape index (κ2) is 6.34. The van der Waals surface area contributed by atoms with Crippen LogP contribution in [0.2, 0.25) is 10.0 Å². The Bertz CT molecular complexity index is 478. The van der Waals surface area contributed by atoms with Crippen LogP contribution in [0.3, 0.4) is 0 Å². The van der Waals surface area contributed by atoms with Gasteiger partial charge in [-0.05, 0) is 25.0 Å². The molecule has 0 radical (unpaired) electrons. The fourth-order valence-electron chi connectivity index (χ4n) is 2.51. The third kappa shape index (κ3) is 3.18. The molecule has 0 heterocycles. The lowest BCUT2D eigenvalue weighted by Gasteiger charge is -2.35. The zero-order valence-corrected chi connectivity index (χ0v) is 13.0. The Kier molecular flexibility index (Phi) is 4.99. The van der Waals surface area contributed by atoms with Crippen molar-refractivity contribution in [1.82, 2.24) is 4.90 Å². The fourth-order valence-corrected chi connectivity index (χ4v) is 3.34. The summed E-state index contributed by atoms with van der Waals surface area (Å²) in [5.41, 5.74) is 0.436. The first-order valence-corrected chi connectivity index (χ1v) is 7.57. The molecular formula is C14H16Cl3NO. The minimum atomic E-state index is -0.120. The first kappa shape index (κ1) is 15.0. The highest BCUT2D eigenvalue weighted by Crippen LogP contribution is 2.30. The maximum Gasteiger partial charge on any atom is 0.255 e. The second-order valence-electron chi connectivity index (χ2n) is 4.89. The van der Waals surface area contributed by atoms with Crippen LogP contribution in [0.1, 0.15) is 36.0 Å². The van der Waals surface area contributed by atoms with E-state index in [0.717, 1.165) is 25.7 Å². The Balaban J connectivity index is 2.21. The summed E-state index contributed by atoms with van der Waals surface area (Å²) < 4.78 is 0. The third-order valence-electron chi connectivity index (χ3n) is 3.65. The molecule has 0 spiro atoms. The van der Waals surface area contributed by atoms with Crippen molar-refractivity contribution in [2.75, 3.05) is 7.05 Å². The molecule has 0 aliphatic heterocycles. The summed E-state index contributed by atoms with van der Waals surface area (Å²) in [6.07, 6.45) is 4.13. The molecule has 19 heavy (non-hydrogen) atoms. The molecule has 1 aromatic rings. The zero-order valence-electron chi connectivity index (χ0n) is 10.7. The average Bonchev–Trinajstić information content (AvgIpc) is 2.41. The minimum Gasteiger partial charge on any atom is -0.337 e. The standard InChI is InChI=1S/C14H16Cl3NO/c1-18(12-8-3-2-6-10(12)15)14(19)9-5-4-7-11(16)13(9)17/h4-5,7,10,12H,2-3,6,8H2,1H3. The number of benzene rings is 1. The molecule has 1 fully saturated rings. The lowest BCUT2D eigenvalue weighted by atomic mass is 9.93. The molecule has 0 N–H and O–H groups in total. The second-order valence-corrected chi connectivity index (χ2v) is 6.23. The molecule has 104 valence electrons. The van der Waals surface area contributed by atoms with Crippen molar-refractivity contribution in [2.45, 2.75) is 37.1 Å². The first-order chi connectivity index (χ1) is 9.02. The maximum absolute atomic E-state index is 12.5. The molecule has 2 atom stereocenters. The summed E-state index contributed by atoms with van der Waals surface area (Å²) in [4.78, 5) is 14.2. The van der Waals surface area contributed by atoms with Crippen LogP contribution in [0, 0.1) is 0 Å². The Morgan fingerprint density at radius 3 is 2.63 bits per heavy atom. The topological polar surface area (TPSA) is 20.3 Å². The number of amides is 1. The minimum absolute atomic E-state index is 0.0145. The van der Waals surface area contributed by atoms with E-state index < -0.39 is 0 Å². The molecule has 1 aliphatic rings. The van der Waals surface area contributed by atoms with Gasteiger partial charge in [-0.25, -0.2) is 0 Å². The molecule has 1 saturated carbocycles. The van der Waals surface area contributed by atoms with Gasteiger partial charge in [0.1, 0.15) is 0 Å². The monoisotopic (exact) mass is 319 g/mol. The number of alkyl halides is 1. The quantitative estimate of drug-likeness (QED) is 0.728. The van der Waals surface area contributed by atoms with Crippen molar-refractivity contribution < 1.29 is 4.79 Å². The van der Waals surface area contributed by atoms with Crippen LogP contribution < -0.4 is 0 Å². The van der Waals surface area contributed by atoms with Gasteiger partial charge in [-0.3, -0.25) is 4.79 Å². The number of hydrogen-bond donors (Lipinski definition) is 0. The Morgan fingerprint density at radius 1 is 1.26 bits per heavy atom. The van der Waals surface area contributed by atoms with E-state index in [1.165, 1.54) is 0 Å². The summed E-state index contributed by atoms with van der Waals surface area (Å²) >= 11 is 18.4. The molecular weight excluding hydrogens is 305 g/mol. The van der Waals surface area contributed by atoms with Gasteiger partial charge in [-0.15, -0.1) is 11.6 Å². The largest absolute Gasteiger partial charge is 0.337 e. The van der Waals surface area contributed by atoms with Gasteiger partial charge in [0, 0.05) is 13.1 Å². The van der Waals surface area contributed by atoms with Gasteiger partial charge in [0.05, 0.1) is 21.0 Å². The van der Waals surface area contributed by atoms with Crippen molar-refractivity contribution in [3.05, 3.63) is 33.8 Å². The molecule has 0 aromatic heterocycles. The van der Waals surface area contributed by atoms with Crippen LogP contribution >= 0.6 is 34.8 Å². The van der Waals surface area contributed by atoms with Crippen molar-refractivity contribution >= 4 is 40.7 Å². The number of rotatable bonds is 2. The Labute approximate surface area is 128 Å². The Hall–Kier alpha value is -0.440. The summed E-state index contributed by atoms with van der Waals surface area (Å²) in [5, 5.41) is 0.718. The van der Waals surface area contributed by atoms with Crippen molar-refractivity contribution in [3.8, 4) is 0 Å². The van der Waals surface area contributed by atoms with Gasteiger partial charge < -0.3 is 4.90 Å². The fraction of sp³-hybridized carbons (Fsp3) is 0.500. The molecule has 2 nitrogen and oxygen atoms in total. The predicted molar refractivity (Wildman–Crippen MR) is 80.5 cm³/mol. The smallest absolute Gasteiger partial charge is 0.255 e. The summed E-state index contributed by atoms with van der Waals surface area (Å²) in [6, 6.07) is 5.16. The predicted octanol–water partition coefficient (Wildman–Crippen LogP) is 4.62. The van der Waals surface area contributed by atoms with E-state index >= 15 is 0 Å². The van der Waals surface area contributed by atoms with Gasteiger partial charge >= 0.3 is 0 Å². The third-order valence-corrected chi connectivity index (χ3v) is 4.98. The van der Waals surface area contributed by atoms with E-state index in [4.69, 9.17) is 34.8 Å². The number of nitrogens with zero attached hydrogens (tertiary/aromatic N) is 1. The summed E-state index contributed by atoms with van der Waals surface area (Å²) in [5.74, 6) is -0.120. The van der Waals surface area contributed by atoms with Crippen molar-refractivity contribution in [3.63, 3.8) is 0 Å². The summed E-state index contributed by atoms with van der Waals surface area (Å²) in [6.45, 7) is 0. The van der Waals surface area contributed by atoms with Gasteiger partial charge in [0.15, 0.2) is 0 Å². The van der Waals surface area contributed by atoms with Crippen LogP contribution in [0.5, 0.6) is 0 Å². The highest BCUT2D eigenvalue weighted by atomic mass is 35.5. The molecule has 0 bridgehead atoms. The van der Waals surface area contributed by atoms with Crippen molar-refractivity contribution in [1.29, 1.82) is 0 Å². The molecule has 2 rings (SSSR count). The maximum atomic E-state index is 12.5. The van der Waals surface area contributed by atoms with Crippen molar-refractivity contribution in [2.24, 2.45) is 0 Å². The van der Waals surface area contributed by atoms with E-state index in [9.17, 15) is 4.79 Å². The molecule has 1 aliphatic carbocycles. The lowest BCUT2D eigenvalue weighted by Crippen LogP contribution is -2.44. The van der Waals surface area contributed by atoms with E-state index in [0.29, 0.717) is 15.6 Å². The van der Waals surface area contributed by atoms with E-state index in [-0.39, 0.29) is 17.3 Å². The average molecular weight is 321 g/mol. The van der Waals surface area contributed by atoms with Crippen LogP contribution in [0.15, 0.2) is 18.2 Å². The number of hydrogen-bond acceptors (Lipinski definition) is 1. The number of carbonyl (C=O) groups excluding carboxylic acids is 1. The van der Waals surface area contributed by atoms with Crippen LogP contribution in [-0.2, 0) is 0 Å². The number of carbonyl (C=O) groups is 1. The van der Waals surface area contributed by atoms with Gasteiger partial charge in [0.2, 0.25) is 0 Å². The number of halogens is 3. The van der Waals surface area contributed by atoms with Crippen LogP contribution in [-0.4, -0.2) is 29.3 Å².